The number of aliphatic hydroxyl groups is 3. The molecule has 3 saturated carbocycles. The summed E-state index contributed by atoms with van der Waals surface area (Å²) >= 11 is 0. The van der Waals surface area contributed by atoms with Gasteiger partial charge in [0.1, 0.15) is 6.10 Å². The van der Waals surface area contributed by atoms with Crippen molar-refractivity contribution >= 4 is 0 Å². The molecule has 0 spiro atoms. The first-order valence-electron chi connectivity index (χ1n) is 14.4. The Morgan fingerprint density at radius 1 is 1.03 bits per heavy atom. The van der Waals surface area contributed by atoms with Crippen molar-refractivity contribution in [3.8, 4) is 0 Å². The molecule has 0 aromatic heterocycles. The monoisotopic (exact) mass is 530 g/mol. The SMILES string of the molecule is C[C@H](CC[C@@](C)(O)C(F)(F)F)[C@H]1CC[C@H]2[C@@H]3CC=C4[C@@H](O)[C@@H](OCC(C)(C)O)CC[C@]4(C)[C@H]3CC[C@]12C. The highest BCUT2D eigenvalue weighted by atomic mass is 19.4. The molecule has 0 radical (unpaired) electrons. The molecule has 0 aromatic rings. The number of ether oxygens (including phenoxy) is 1. The van der Waals surface area contributed by atoms with Crippen molar-refractivity contribution in [3.05, 3.63) is 11.6 Å². The van der Waals surface area contributed by atoms with Crippen LogP contribution in [-0.4, -0.2) is 51.5 Å². The molecule has 0 aliphatic heterocycles. The fourth-order valence-corrected chi connectivity index (χ4v) is 9.02. The average molecular weight is 531 g/mol. The topological polar surface area (TPSA) is 69.9 Å². The molecule has 3 N–H and O–H groups in total. The minimum atomic E-state index is -4.60. The van der Waals surface area contributed by atoms with Gasteiger partial charge in [0.2, 0.25) is 0 Å². The minimum Gasteiger partial charge on any atom is -0.388 e. The summed E-state index contributed by atoms with van der Waals surface area (Å²) in [5, 5.41) is 31.3. The van der Waals surface area contributed by atoms with Gasteiger partial charge >= 0.3 is 6.18 Å². The van der Waals surface area contributed by atoms with Crippen molar-refractivity contribution in [2.45, 2.75) is 129 Å². The van der Waals surface area contributed by atoms with Crippen LogP contribution in [0, 0.1) is 40.4 Å². The number of alkyl halides is 3. The average Bonchev–Trinajstić information content (AvgIpc) is 3.13. The van der Waals surface area contributed by atoms with Crippen molar-refractivity contribution in [2.75, 3.05) is 6.61 Å². The normalized spacial score (nSPS) is 42.8. The van der Waals surface area contributed by atoms with Crippen LogP contribution < -0.4 is 0 Å². The second-order valence-corrected chi connectivity index (χ2v) is 14.4. The summed E-state index contributed by atoms with van der Waals surface area (Å²) in [6.45, 7) is 11.3. The van der Waals surface area contributed by atoms with Crippen molar-refractivity contribution in [1.82, 2.24) is 0 Å². The van der Waals surface area contributed by atoms with Crippen LogP contribution >= 0.6 is 0 Å². The van der Waals surface area contributed by atoms with E-state index in [4.69, 9.17) is 4.74 Å². The molecule has 7 heteroatoms. The second-order valence-electron chi connectivity index (χ2n) is 14.4. The molecule has 37 heavy (non-hydrogen) atoms. The van der Waals surface area contributed by atoms with Crippen LogP contribution in [0.25, 0.3) is 0 Å². The third-order valence-corrected chi connectivity index (χ3v) is 11.3. The molecular weight excluding hydrogens is 481 g/mol. The Morgan fingerprint density at radius 3 is 2.32 bits per heavy atom. The number of fused-ring (bicyclic) bond motifs is 5. The first-order valence-corrected chi connectivity index (χ1v) is 14.4. The van der Waals surface area contributed by atoms with Crippen molar-refractivity contribution in [2.24, 2.45) is 40.4 Å². The third kappa shape index (κ3) is 5.28. The number of aliphatic hydroxyl groups excluding tert-OH is 1. The molecule has 0 saturated heterocycles. The molecule has 0 heterocycles. The Balaban J connectivity index is 1.47. The van der Waals surface area contributed by atoms with E-state index in [1.807, 2.05) is 0 Å². The van der Waals surface area contributed by atoms with Gasteiger partial charge in [-0.05, 0) is 125 Å². The van der Waals surface area contributed by atoms with Crippen LogP contribution in [0.3, 0.4) is 0 Å². The smallest absolute Gasteiger partial charge is 0.388 e. The number of hydrogen-bond acceptors (Lipinski definition) is 4. The molecule has 4 rings (SSSR count). The van der Waals surface area contributed by atoms with Gasteiger partial charge in [-0.1, -0.05) is 26.8 Å². The van der Waals surface area contributed by atoms with Gasteiger partial charge in [0.15, 0.2) is 5.60 Å². The highest BCUT2D eigenvalue weighted by Gasteiger charge is 2.60. The van der Waals surface area contributed by atoms with Crippen LogP contribution in [0.1, 0.15) is 99.3 Å². The Labute approximate surface area is 221 Å². The van der Waals surface area contributed by atoms with E-state index in [2.05, 4.69) is 26.8 Å². The summed E-state index contributed by atoms with van der Waals surface area (Å²) in [6, 6.07) is 0. The predicted octanol–water partition coefficient (Wildman–Crippen LogP) is 6.42. The number of rotatable bonds is 7. The molecule has 0 unspecified atom stereocenters. The number of allylic oxidation sites excluding steroid dienone is 1. The van der Waals surface area contributed by atoms with E-state index in [-0.39, 0.29) is 35.9 Å². The van der Waals surface area contributed by atoms with E-state index in [1.54, 1.807) is 13.8 Å². The number of halogens is 3. The molecule has 0 amide bonds. The fourth-order valence-electron chi connectivity index (χ4n) is 9.02. The Bertz CT molecular complexity index is 862. The van der Waals surface area contributed by atoms with Gasteiger partial charge in [-0.2, -0.15) is 13.2 Å². The third-order valence-electron chi connectivity index (χ3n) is 11.3. The van der Waals surface area contributed by atoms with Crippen molar-refractivity contribution < 1.29 is 33.2 Å². The van der Waals surface area contributed by atoms with Crippen molar-refractivity contribution in [1.29, 1.82) is 0 Å². The summed E-state index contributed by atoms with van der Waals surface area (Å²) in [6.07, 6.45) is 3.85. The first-order chi connectivity index (χ1) is 16.9. The number of hydrogen-bond donors (Lipinski definition) is 3. The summed E-state index contributed by atoms with van der Waals surface area (Å²) in [5.41, 5.74) is -2.40. The van der Waals surface area contributed by atoms with Crippen LogP contribution in [0.15, 0.2) is 11.6 Å². The van der Waals surface area contributed by atoms with E-state index in [9.17, 15) is 28.5 Å². The zero-order valence-corrected chi connectivity index (χ0v) is 23.6. The Kier molecular flexibility index (Phi) is 7.76. The Morgan fingerprint density at radius 2 is 1.70 bits per heavy atom. The lowest BCUT2D eigenvalue weighted by atomic mass is 9.46. The minimum absolute atomic E-state index is 0.0621. The molecule has 4 nitrogen and oxygen atoms in total. The van der Waals surface area contributed by atoms with E-state index >= 15 is 0 Å². The van der Waals surface area contributed by atoms with E-state index in [0.717, 1.165) is 57.4 Å². The summed E-state index contributed by atoms with van der Waals surface area (Å²) in [5.74, 6) is 2.07. The summed E-state index contributed by atoms with van der Waals surface area (Å²) < 4.78 is 45.6. The molecule has 0 bridgehead atoms. The standard InChI is InChI=1S/C30H49F3O4/c1-18(11-16-29(6,36)30(31,32)33)20-9-10-21-19-7-8-23-25(34)24(37-17-26(2,3)35)13-15-28(23,5)22(19)12-14-27(20,21)4/h8,18-22,24-25,34-36H,7,9-17H2,1-6H3/t18-,19+,20-,21+,22+,24+,25-,27-,28-,29-/m1/s1. The van der Waals surface area contributed by atoms with Crippen LogP contribution in [0.5, 0.6) is 0 Å². The molecule has 3 fully saturated rings. The molecular formula is C30H49F3O4. The van der Waals surface area contributed by atoms with Gasteiger partial charge in [-0.3, -0.25) is 0 Å². The van der Waals surface area contributed by atoms with Crippen LogP contribution in [0.4, 0.5) is 13.2 Å². The largest absolute Gasteiger partial charge is 0.416 e. The molecule has 214 valence electrons. The summed E-state index contributed by atoms with van der Waals surface area (Å²) in [7, 11) is 0. The zero-order valence-electron chi connectivity index (χ0n) is 23.6. The lowest BCUT2D eigenvalue weighted by molar-refractivity contribution is -0.256. The van der Waals surface area contributed by atoms with Gasteiger partial charge in [-0.25, -0.2) is 0 Å². The van der Waals surface area contributed by atoms with Crippen LogP contribution in [-0.2, 0) is 4.74 Å². The second kappa shape index (κ2) is 9.78. The summed E-state index contributed by atoms with van der Waals surface area (Å²) in [4.78, 5) is 0. The van der Waals surface area contributed by atoms with Gasteiger partial charge in [-0.15, -0.1) is 0 Å². The predicted molar refractivity (Wildman–Crippen MR) is 138 cm³/mol. The Hall–Kier alpha value is -0.630. The lowest BCUT2D eigenvalue weighted by Gasteiger charge is -2.59. The quantitative estimate of drug-likeness (QED) is 0.332. The zero-order chi connectivity index (χ0) is 27.6. The molecule has 0 aromatic carbocycles. The maximum atomic E-state index is 13.2. The fraction of sp³-hybridized carbons (Fsp3) is 0.933. The molecule has 4 aliphatic carbocycles. The maximum absolute atomic E-state index is 13.2. The van der Waals surface area contributed by atoms with Gasteiger partial charge < -0.3 is 20.1 Å². The molecule has 10 atom stereocenters. The first kappa shape index (κ1) is 29.4. The lowest BCUT2D eigenvalue weighted by Crippen LogP contribution is -2.54. The van der Waals surface area contributed by atoms with Gasteiger partial charge in [0.25, 0.3) is 0 Å². The van der Waals surface area contributed by atoms with E-state index in [0.29, 0.717) is 30.1 Å². The van der Waals surface area contributed by atoms with E-state index < -0.39 is 23.5 Å². The van der Waals surface area contributed by atoms with E-state index in [1.165, 1.54) is 0 Å². The highest BCUT2D eigenvalue weighted by Crippen LogP contribution is 2.67. The maximum Gasteiger partial charge on any atom is 0.416 e. The van der Waals surface area contributed by atoms with Gasteiger partial charge in [0, 0.05) is 0 Å². The highest BCUT2D eigenvalue weighted by molar-refractivity contribution is 5.29. The van der Waals surface area contributed by atoms with Gasteiger partial charge in [0.05, 0.1) is 18.3 Å². The molecule has 4 aliphatic rings. The van der Waals surface area contributed by atoms with Crippen LogP contribution in [0.2, 0.25) is 0 Å². The van der Waals surface area contributed by atoms with Crippen molar-refractivity contribution in [3.63, 3.8) is 0 Å².